The first-order valence-corrected chi connectivity index (χ1v) is 10.1. The number of amides is 1. The van der Waals surface area contributed by atoms with Crippen LogP contribution in [0.4, 0.5) is 5.69 Å². The number of ether oxygens (including phenoxy) is 4. The van der Waals surface area contributed by atoms with Crippen LogP contribution in [0.1, 0.15) is 32.6 Å². The summed E-state index contributed by atoms with van der Waals surface area (Å²) in [7, 11) is 0. The Morgan fingerprint density at radius 2 is 1.37 bits per heavy atom. The molecule has 6 nitrogen and oxygen atoms in total. The van der Waals surface area contributed by atoms with Crippen LogP contribution in [0.5, 0.6) is 5.75 Å². The van der Waals surface area contributed by atoms with Gasteiger partial charge in [-0.25, -0.2) is 0 Å². The summed E-state index contributed by atoms with van der Waals surface area (Å²) in [6, 6.07) is 7.22. The van der Waals surface area contributed by atoms with E-state index in [0.29, 0.717) is 39.6 Å². The van der Waals surface area contributed by atoms with Gasteiger partial charge in [-0.1, -0.05) is 12.8 Å². The maximum atomic E-state index is 10.9. The van der Waals surface area contributed by atoms with E-state index in [2.05, 4.69) is 5.32 Å². The Balaban J connectivity index is 1.84. The number of hydrogen-bond acceptors (Lipinski definition) is 5. The van der Waals surface area contributed by atoms with E-state index in [9.17, 15) is 4.79 Å². The molecule has 0 unspecified atom stereocenters. The average molecular weight is 402 g/mol. The lowest BCUT2D eigenvalue weighted by atomic mass is 10.2. The second-order valence-electron chi connectivity index (χ2n) is 5.99. The summed E-state index contributed by atoms with van der Waals surface area (Å²) in [6.45, 7) is 5.50. The van der Waals surface area contributed by atoms with Crippen LogP contribution in [0.3, 0.4) is 0 Å². The van der Waals surface area contributed by atoms with Gasteiger partial charge < -0.3 is 24.3 Å². The van der Waals surface area contributed by atoms with E-state index in [1.54, 1.807) is 12.1 Å². The van der Waals surface area contributed by atoms with Gasteiger partial charge in [-0.2, -0.15) is 0 Å². The number of alkyl halides is 1. The fourth-order valence-corrected chi connectivity index (χ4v) is 2.44. The van der Waals surface area contributed by atoms with Crippen molar-refractivity contribution < 1.29 is 23.7 Å². The van der Waals surface area contributed by atoms with Crippen LogP contribution in [0.15, 0.2) is 24.3 Å². The van der Waals surface area contributed by atoms with Gasteiger partial charge in [-0.05, 0) is 37.1 Å². The quantitative estimate of drug-likeness (QED) is 0.317. The van der Waals surface area contributed by atoms with Crippen LogP contribution < -0.4 is 10.1 Å². The van der Waals surface area contributed by atoms with E-state index < -0.39 is 0 Å². The van der Waals surface area contributed by atoms with Crippen molar-refractivity contribution in [3.05, 3.63) is 24.3 Å². The molecular weight excluding hydrogens is 370 g/mol. The molecule has 0 heterocycles. The monoisotopic (exact) mass is 401 g/mol. The lowest BCUT2D eigenvalue weighted by Gasteiger charge is -2.09. The lowest BCUT2D eigenvalue weighted by Crippen LogP contribution is -2.13. The molecule has 0 bridgehead atoms. The molecule has 1 rings (SSSR count). The summed E-state index contributed by atoms with van der Waals surface area (Å²) in [5.74, 6) is 1.39. The van der Waals surface area contributed by atoms with Gasteiger partial charge in [0.25, 0.3) is 0 Å². The number of nitrogens with one attached hydrogen (secondary N) is 1. The Morgan fingerprint density at radius 3 is 1.96 bits per heavy atom. The molecule has 0 saturated carbocycles. The number of rotatable bonds is 17. The first-order valence-electron chi connectivity index (χ1n) is 9.52. The Bertz CT molecular complexity index is 484. The molecule has 0 radical (unpaired) electrons. The maximum absolute atomic E-state index is 10.9. The van der Waals surface area contributed by atoms with Gasteiger partial charge in [-0.3, -0.25) is 4.79 Å². The predicted molar refractivity (Wildman–Crippen MR) is 108 cm³/mol. The molecule has 0 aromatic heterocycles. The third-order valence-electron chi connectivity index (χ3n) is 3.59. The van der Waals surface area contributed by atoms with Crippen LogP contribution in [0, 0.1) is 0 Å². The van der Waals surface area contributed by atoms with Crippen LogP contribution >= 0.6 is 11.6 Å². The molecule has 27 heavy (non-hydrogen) atoms. The fraction of sp³-hybridized carbons (Fsp3) is 0.650. The highest BCUT2D eigenvalue weighted by molar-refractivity contribution is 6.17. The van der Waals surface area contributed by atoms with Gasteiger partial charge in [0, 0.05) is 25.1 Å². The topological polar surface area (TPSA) is 66.0 Å². The normalized spacial score (nSPS) is 10.7. The van der Waals surface area contributed by atoms with Gasteiger partial charge in [-0.15, -0.1) is 11.6 Å². The highest BCUT2D eigenvalue weighted by atomic mass is 35.5. The maximum Gasteiger partial charge on any atom is 0.221 e. The molecule has 1 amide bonds. The summed E-state index contributed by atoms with van der Waals surface area (Å²) < 4.78 is 22.0. The van der Waals surface area contributed by atoms with E-state index in [0.717, 1.165) is 36.8 Å². The Kier molecular flexibility index (Phi) is 14.8. The van der Waals surface area contributed by atoms with Crippen molar-refractivity contribution in [2.75, 3.05) is 57.4 Å². The molecule has 0 saturated heterocycles. The minimum Gasteiger partial charge on any atom is -0.491 e. The van der Waals surface area contributed by atoms with Crippen molar-refractivity contribution in [3.8, 4) is 5.75 Å². The van der Waals surface area contributed by atoms with Crippen LogP contribution in [-0.2, 0) is 19.0 Å². The molecule has 0 atom stereocenters. The van der Waals surface area contributed by atoms with Crippen LogP contribution in [0.25, 0.3) is 0 Å². The molecule has 1 N–H and O–H groups in total. The number of anilines is 1. The summed E-state index contributed by atoms with van der Waals surface area (Å²) in [5, 5.41) is 2.71. The smallest absolute Gasteiger partial charge is 0.221 e. The standard InChI is InChI=1S/C20H32ClNO5/c1-18(23)22-19-6-8-20(9-7-19)27-17-16-26-15-14-25-13-12-24-11-5-3-2-4-10-21/h6-9H,2-5,10-17H2,1H3,(H,22,23). The van der Waals surface area contributed by atoms with Crippen molar-refractivity contribution in [2.45, 2.75) is 32.6 Å². The lowest BCUT2D eigenvalue weighted by molar-refractivity contribution is -0.114. The second-order valence-corrected chi connectivity index (χ2v) is 6.37. The van der Waals surface area contributed by atoms with Gasteiger partial charge in [0.2, 0.25) is 5.91 Å². The molecule has 0 aliphatic heterocycles. The van der Waals surface area contributed by atoms with Crippen molar-refractivity contribution in [2.24, 2.45) is 0 Å². The van der Waals surface area contributed by atoms with E-state index in [1.165, 1.54) is 19.8 Å². The first kappa shape index (κ1) is 23.7. The molecule has 0 spiro atoms. The summed E-state index contributed by atoms with van der Waals surface area (Å²) in [6.07, 6.45) is 4.51. The number of unbranched alkanes of at least 4 members (excludes halogenated alkanes) is 3. The van der Waals surface area contributed by atoms with Gasteiger partial charge in [0.05, 0.1) is 33.0 Å². The van der Waals surface area contributed by atoms with E-state index in [4.69, 9.17) is 30.5 Å². The minimum atomic E-state index is -0.0936. The summed E-state index contributed by atoms with van der Waals surface area (Å²) in [4.78, 5) is 10.9. The minimum absolute atomic E-state index is 0.0936. The zero-order chi connectivity index (χ0) is 19.6. The molecule has 1 aromatic carbocycles. The molecule has 1 aromatic rings. The highest BCUT2D eigenvalue weighted by Crippen LogP contribution is 2.15. The number of carbonyl (C=O) groups excluding carboxylic acids is 1. The predicted octanol–water partition coefficient (Wildman–Crippen LogP) is 3.87. The molecule has 0 fully saturated rings. The summed E-state index contributed by atoms with van der Waals surface area (Å²) >= 11 is 5.62. The number of benzene rings is 1. The van der Waals surface area contributed by atoms with Gasteiger partial charge in [0.1, 0.15) is 12.4 Å². The molecular formula is C20H32ClNO5. The Labute approximate surface area is 167 Å². The first-order chi connectivity index (χ1) is 13.2. The zero-order valence-corrected chi connectivity index (χ0v) is 17.0. The highest BCUT2D eigenvalue weighted by Gasteiger charge is 1.98. The van der Waals surface area contributed by atoms with Gasteiger partial charge >= 0.3 is 0 Å². The molecule has 154 valence electrons. The van der Waals surface area contributed by atoms with Crippen molar-refractivity contribution >= 4 is 23.2 Å². The number of hydrogen-bond donors (Lipinski definition) is 1. The van der Waals surface area contributed by atoms with E-state index in [-0.39, 0.29) is 5.91 Å². The molecule has 7 heteroatoms. The Morgan fingerprint density at radius 1 is 0.815 bits per heavy atom. The summed E-state index contributed by atoms with van der Waals surface area (Å²) in [5.41, 5.74) is 0.749. The SMILES string of the molecule is CC(=O)Nc1ccc(OCCOCCOCCOCCCCCCCl)cc1. The molecule has 0 aliphatic carbocycles. The van der Waals surface area contributed by atoms with Crippen molar-refractivity contribution in [3.63, 3.8) is 0 Å². The molecule has 0 aliphatic rings. The zero-order valence-electron chi connectivity index (χ0n) is 16.2. The van der Waals surface area contributed by atoms with Crippen LogP contribution in [0.2, 0.25) is 0 Å². The largest absolute Gasteiger partial charge is 0.491 e. The van der Waals surface area contributed by atoms with Crippen LogP contribution in [-0.4, -0.2) is 58.0 Å². The third-order valence-corrected chi connectivity index (χ3v) is 3.85. The fourth-order valence-electron chi connectivity index (χ4n) is 2.25. The van der Waals surface area contributed by atoms with Crippen molar-refractivity contribution in [1.29, 1.82) is 0 Å². The van der Waals surface area contributed by atoms with Crippen molar-refractivity contribution in [1.82, 2.24) is 0 Å². The van der Waals surface area contributed by atoms with E-state index in [1.807, 2.05) is 12.1 Å². The average Bonchev–Trinajstić information content (AvgIpc) is 2.66. The number of halogens is 1. The number of carbonyl (C=O) groups is 1. The van der Waals surface area contributed by atoms with Gasteiger partial charge in [0.15, 0.2) is 0 Å². The second kappa shape index (κ2) is 16.8. The Hall–Kier alpha value is -1.34. The van der Waals surface area contributed by atoms with E-state index >= 15 is 0 Å². The third kappa shape index (κ3) is 14.4.